The van der Waals surface area contributed by atoms with Gasteiger partial charge in [-0.3, -0.25) is 0 Å². The molecule has 0 bridgehead atoms. The van der Waals surface area contributed by atoms with Crippen LogP contribution in [0.2, 0.25) is 5.02 Å². The van der Waals surface area contributed by atoms with E-state index in [2.05, 4.69) is 19.2 Å². The minimum absolute atomic E-state index is 0.733. The first-order valence-electron chi connectivity index (χ1n) is 7.19. The summed E-state index contributed by atoms with van der Waals surface area (Å²) in [6, 6.07) is 5.81. The number of benzene rings is 1. The first kappa shape index (κ1) is 16.3. The molecular formula is C16H26ClNO. The number of unbranched alkanes of at least 4 members (excludes halogenated alkanes) is 2. The summed E-state index contributed by atoms with van der Waals surface area (Å²) in [7, 11) is 0. The van der Waals surface area contributed by atoms with Gasteiger partial charge in [0.1, 0.15) is 5.75 Å². The van der Waals surface area contributed by atoms with Gasteiger partial charge in [-0.15, -0.1) is 0 Å². The zero-order valence-electron chi connectivity index (χ0n) is 12.3. The van der Waals surface area contributed by atoms with Gasteiger partial charge >= 0.3 is 0 Å². The van der Waals surface area contributed by atoms with E-state index in [1.165, 1.54) is 12.8 Å². The molecule has 0 spiro atoms. The molecule has 0 saturated carbocycles. The van der Waals surface area contributed by atoms with Crippen molar-refractivity contribution in [2.24, 2.45) is 5.92 Å². The van der Waals surface area contributed by atoms with Crippen molar-refractivity contribution in [2.75, 3.05) is 19.7 Å². The van der Waals surface area contributed by atoms with Crippen LogP contribution in [0.15, 0.2) is 18.2 Å². The Morgan fingerprint density at radius 1 is 1.21 bits per heavy atom. The van der Waals surface area contributed by atoms with Gasteiger partial charge in [0.25, 0.3) is 0 Å². The fourth-order valence-corrected chi connectivity index (χ4v) is 1.93. The van der Waals surface area contributed by atoms with Gasteiger partial charge in [-0.1, -0.05) is 25.4 Å². The molecule has 1 aromatic rings. The zero-order valence-corrected chi connectivity index (χ0v) is 13.1. The van der Waals surface area contributed by atoms with Crippen LogP contribution >= 0.6 is 11.6 Å². The number of hydrogen-bond acceptors (Lipinski definition) is 2. The minimum Gasteiger partial charge on any atom is -0.494 e. The number of ether oxygens (including phenoxy) is 1. The van der Waals surface area contributed by atoms with Crippen LogP contribution in [0.25, 0.3) is 0 Å². The fourth-order valence-electron chi connectivity index (χ4n) is 1.82. The van der Waals surface area contributed by atoms with Crippen molar-refractivity contribution in [1.82, 2.24) is 5.32 Å². The molecule has 0 fully saturated rings. The summed E-state index contributed by atoms with van der Waals surface area (Å²) < 4.78 is 5.71. The number of halogens is 1. The second-order valence-electron chi connectivity index (χ2n) is 5.42. The predicted octanol–water partition coefficient (Wildman–Crippen LogP) is 4.44. The summed E-state index contributed by atoms with van der Waals surface area (Å²) in [5, 5.41) is 4.25. The van der Waals surface area contributed by atoms with Crippen LogP contribution in [0.1, 0.15) is 38.7 Å². The van der Waals surface area contributed by atoms with Gasteiger partial charge in [0.05, 0.1) is 6.61 Å². The second-order valence-corrected chi connectivity index (χ2v) is 5.83. The van der Waals surface area contributed by atoms with Crippen molar-refractivity contribution in [1.29, 1.82) is 0 Å². The highest BCUT2D eigenvalue weighted by Gasteiger charge is 1.98. The number of aryl methyl sites for hydroxylation is 1. The Labute approximate surface area is 122 Å². The third kappa shape index (κ3) is 7.44. The molecule has 0 aliphatic heterocycles. The Hall–Kier alpha value is -0.730. The van der Waals surface area contributed by atoms with Crippen molar-refractivity contribution in [3.05, 3.63) is 28.8 Å². The molecule has 0 heterocycles. The maximum atomic E-state index is 5.97. The Balaban J connectivity index is 2.03. The summed E-state index contributed by atoms with van der Waals surface area (Å²) in [6.07, 6.45) is 3.53. The normalized spacial score (nSPS) is 11.0. The Kier molecular flexibility index (Phi) is 7.92. The summed E-state index contributed by atoms with van der Waals surface area (Å²) in [5.74, 6) is 1.65. The zero-order chi connectivity index (χ0) is 14.1. The van der Waals surface area contributed by atoms with Crippen molar-refractivity contribution < 1.29 is 4.74 Å². The average molecular weight is 284 g/mol. The number of hydrogen-bond donors (Lipinski definition) is 1. The largest absolute Gasteiger partial charge is 0.494 e. The lowest BCUT2D eigenvalue weighted by molar-refractivity contribution is 0.304. The van der Waals surface area contributed by atoms with Gasteiger partial charge in [0.15, 0.2) is 0 Å². The lowest BCUT2D eigenvalue weighted by Crippen LogP contribution is -2.20. The molecule has 0 aliphatic rings. The molecule has 1 aromatic carbocycles. The van der Waals surface area contributed by atoms with Crippen molar-refractivity contribution >= 4 is 11.6 Å². The van der Waals surface area contributed by atoms with Crippen LogP contribution in [0.4, 0.5) is 0 Å². The van der Waals surface area contributed by atoms with Gasteiger partial charge < -0.3 is 10.1 Å². The number of nitrogens with one attached hydrogen (secondary N) is 1. The molecule has 0 aliphatic carbocycles. The van der Waals surface area contributed by atoms with E-state index < -0.39 is 0 Å². The van der Waals surface area contributed by atoms with Gasteiger partial charge in [-0.25, -0.2) is 0 Å². The van der Waals surface area contributed by atoms with Crippen LogP contribution in [0, 0.1) is 12.8 Å². The first-order valence-corrected chi connectivity index (χ1v) is 7.57. The molecule has 0 atom stereocenters. The van der Waals surface area contributed by atoms with Crippen LogP contribution in [0.5, 0.6) is 5.75 Å². The van der Waals surface area contributed by atoms with E-state index >= 15 is 0 Å². The van der Waals surface area contributed by atoms with E-state index in [4.69, 9.17) is 16.3 Å². The maximum Gasteiger partial charge on any atom is 0.119 e. The highest BCUT2D eigenvalue weighted by atomic mass is 35.5. The molecule has 108 valence electrons. The van der Waals surface area contributed by atoms with Gasteiger partial charge in [-0.05, 0) is 69.0 Å². The second kappa shape index (κ2) is 9.22. The van der Waals surface area contributed by atoms with Crippen molar-refractivity contribution in [2.45, 2.75) is 40.0 Å². The molecule has 1 rings (SSSR count). The van der Waals surface area contributed by atoms with E-state index in [1.54, 1.807) is 0 Å². The molecule has 3 heteroatoms. The lowest BCUT2D eigenvalue weighted by atomic mass is 10.2. The molecule has 0 radical (unpaired) electrons. The summed E-state index contributed by atoms with van der Waals surface area (Å²) in [4.78, 5) is 0. The lowest BCUT2D eigenvalue weighted by Gasteiger charge is -2.09. The van der Waals surface area contributed by atoms with Crippen molar-refractivity contribution in [3.63, 3.8) is 0 Å². The van der Waals surface area contributed by atoms with Gasteiger partial charge in [-0.2, -0.15) is 0 Å². The molecule has 1 N–H and O–H groups in total. The summed E-state index contributed by atoms with van der Waals surface area (Å²) in [6.45, 7) is 9.46. The van der Waals surface area contributed by atoms with E-state index in [0.29, 0.717) is 0 Å². The first-order chi connectivity index (χ1) is 9.09. The quantitative estimate of drug-likeness (QED) is 0.676. The number of rotatable bonds is 9. The SMILES string of the molecule is Cc1cc(OCCCCCNCC(C)C)ccc1Cl. The van der Waals surface area contributed by atoms with Crippen LogP contribution in [-0.2, 0) is 0 Å². The van der Waals surface area contributed by atoms with Gasteiger partial charge in [0, 0.05) is 5.02 Å². The smallest absolute Gasteiger partial charge is 0.119 e. The molecule has 2 nitrogen and oxygen atoms in total. The third-order valence-electron chi connectivity index (χ3n) is 2.95. The Morgan fingerprint density at radius 2 is 2.00 bits per heavy atom. The summed E-state index contributed by atoms with van der Waals surface area (Å²) in [5.41, 5.74) is 1.07. The maximum absolute atomic E-state index is 5.97. The molecular weight excluding hydrogens is 258 g/mol. The van der Waals surface area contributed by atoms with E-state index in [-0.39, 0.29) is 0 Å². The molecule has 0 unspecified atom stereocenters. The van der Waals surface area contributed by atoms with Gasteiger partial charge in [0.2, 0.25) is 0 Å². The highest BCUT2D eigenvalue weighted by Crippen LogP contribution is 2.21. The fraction of sp³-hybridized carbons (Fsp3) is 0.625. The molecule has 19 heavy (non-hydrogen) atoms. The predicted molar refractivity (Wildman–Crippen MR) is 83.2 cm³/mol. The van der Waals surface area contributed by atoms with E-state index in [9.17, 15) is 0 Å². The monoisotopic (exact) mass is 283 g/mol. The molecule has 0 saturated heterocycles. The topological polar surface area (TPSA) is 21.3 Å². The molecule has 0 aromatic heterocycles. The third-order valence-corrected chi connectivity index (χ3v) is 3.37. The highest BCUT2D eigenvalue weighted by molar-refractivity contribution is 6.31. The average Bonchev–Trinajstić information content (AvgIpc) is 2.36. The Bertz CT molecular complexity index is 366. The van der Waals surface area contributed by atoms with Crippen molar-refractivity contribution in [3.8, 4) is 5.75 Å². The van der Waals surface area contributed by atoms with E-state index in [0.717, 1.165) is 48.4 Å². The Morgan fingerprint density at radius 3 is 2.68 bits per heavy atom. The van der Waals surface area contributed by atoms with Crippen LogP contribution < -0.4 is 10.1 Å². The van der Waals surface area contributed by atoms with Crippen LogP contribution in [0.3, 0.4) is 0 Å². The standard InChI is InChI=1S/C16H26ClNO/c1-13(2)12-18-9-5-4-6-10-19-15-7-8-16(17)14(3)11-15/h7-8,11,13,18H,4-6,9-10,12H2,1-3H3. The van der Waals surface area contributed by atoms with E-state index in [1.807, 2.05) is 25.1 Å². The van der Waals surface area contributed by atoms with Crippen LogP contribution in [-0.4, -0.2) is 19.7 Å². The molecule has 0 amide bonds. The minimum atomic E-state index is 0.733. The summed E-state index contributed by atoms with van der Waals surface area (Å²) >= 11 is 5.97.